The van der Waals surface area contributed by atoms with Gasteiger partial charge in [0, 0.05) is 23.1 Å². The van der Waals surface area contributed by atoms with Crippen molar-refractivity contribution < 1.29 is 32.0 Å². The predicted molar refractivity (Wildman–Crippen MR) is 163 cm³/mol. The molecule has 4 aromatic rings. The molecule has 10 heteroatoms. The second-order valence-corrected chi connectivity index (χ2v) is 13.0. The smallest absolute Gasteiger partial charge is 0.262 e. The van der Waals surface area contributed by atoms with Gasteiger partial charge in [0.2, 0.25) is 0 Å². The molecule has 0 radical (unpaired) electrons. The molecule has 226 valence electrons. The van der Waals surface area contributed by atoms with Crippen LogP contribution in [0.3, 0.4) is 0 Å². The van der Waals surface area contributed by atoms with Gasteiger partial charge in [-0.25, -0.2) is 13.2 Å². The topological polar surface area (TPSA) is 78.9 Å². The van der Waals surface area contributed by atoms with Gasteiger partial charge in [-0.3, -0.25) is 13.9 Å². The number of para-hydroxylation sites is 1. The summed E-state index contributed by atoms with van der Waals surface area (Å²) in [6.07, 6.45) is 0.370. The lowest BCUT2D eigenvalue weighted by Gasteiger charge is -2.37. The quantitative estimate of drug-likeness (QED) is 0.225. The summed E-state index contributed by atoms with van der Waals surface area (Å²) in [7, 11) is -1.73. The van der Waals surface area contributed by atoms with Crippen LogP contribution in [0.5, 0.6) is 11.5 Å². The molecule has 0 saturated carbocycles. The highest BCUT2D eigenvalue weighted by atomic mass is 32.2. The molecule has 4 aromatic carbocycles. The average Bonchev–Trinajstić information content (AvgIpc) is 3.12. The van der Waals surface area contributed by atoms with Gasteiger partial charge in [-0.2, -0.15) is 0 Å². The summed E-state index contributed by atoms with van der Waals surface area (Å²) in [4.78, 5) is 15.6. The number of phenols is 1. The summed E-state index contributed by atoms with van der Waals surface area (Å²) >= 11 is 0. The second-order valence-electron chi connectivity index (χ2n) is 11.6. The molecular formula is C34H29F3N2O4S. The number of aromatic hydroxyl groups is 1. The van der Waals surface area contributed by atoms with Gasteiger partial charge in [0.25, 0.3) is 5.91 Å². The number of carbonyl (C=O) groups is 1. The fraction of sp³-hybridized carbons (Fsp3) is 0.206. The van der Waals surface area contributed by atoms with Crippen molar-refractivity contribution in [1.82, 2.24) is 0 Å². The Balaban J connectivity index is 1.55. The molecule has 0 spiro atoms. The molecule has 44 heavy (non-hydrogen) atoms. The van der Waals surface area contributed by atoms with Crippen LogP contribution in [0.4, 0.5) is 24.5 Å². The zero-order valence-electron chi connectivity index (χ0n) is 23.9. The highest BCUT2D eigenvalue weighted by Gasteiger charge is 2.45. The first kappa shape index (κ1) is 29.5. The molecule has 1 amide bonds. The highest BCUT2D eigenvalue weighted by Crippen LogP contribution is 2.51. The van der Waals surface area contributed by atoms with Crippen molar-refractivity contribution in [3.8, 4) is 11.5 Å². The van der Waals surface area contributed by atoms with Crippen molar-refractivity contribution in [2.24, 2.45) is 5.41 Å². The Hall–Kier alpha value is -4.57. The van der Waals surface area contributed by atoms with Crippen molar-refractivity contribution in [1.29, 1.82) is 0 Å². The van der Waals surface area contributed by atoms with Crippen LogP contribution in [0.1, 0.15) is 47.8 Å². The van der Waals surface area contributed by atoms with Crippen LogP contribution >= 0.6 is 0 Å². The summed E-state index contributed by atoms with van der Waals surface area (Å²) in [6.45, 7) is 4.07. The van der Waals surface area contributed by atoms with E-state index in [9.17, 15) is 18.5 Å². The number of rotatable bonds is 5. The van der Waals surface area contributed by atoms with E-state index in [-0.39, 0.29) is 45.7 Å². The zero-order chi connectivity index (χ0) is 31.2. The third-order valence-corrected chi connectivity index (χ3v) is 9.68. The lowest BCUT2D eigenvalue weighted by molar-refractivity contribution is 0.0976. The molecule has 0 fully saturated rings. The normalized spacial score (nSPS) is 19.0. The van der Waals surface area contributed by atoms with Gasteiger partial charge in [0.1, 0.15) is 47.3 Å². The lowest BCUT2D eigenvalue weighted by atomic mass is 9.88. The summed E-state index contributed by atoms with van der Waals surface area (Å²) in [5.41, 5.74) is 0.452. The predicted octanol–water partition coefficient (Wildman–Crippen LogP) is 7.59. The maximum atomic E-state index is 16.2. The van der Waals surface area contributed by atoms with E-state index in [0.717, 1.165) is 28.7 Å². The molecule has 6 nitrogen and oxygen atoms in total. The molecule has 2 aliphatic heterocycles. The first-order chi connectivity index (χ1) is 21.0. The second kappa shape index (κ2) is 11.5. The molecule has 2 aliphatic rings. The molecule has 0 saturated heterocycles. The third kappa shape index (κ3) is 5.57. The van der Waals surface area contributed by atoms with E-state index in [1.54, 1.807) is 6.07 Å². The van der Waals surface area contributed by atoms with Gasteiger partial charge < -0.3 is 15.2 Å². The van der Waals surface area contributed by atoms with E-state index in [2.05, 4.69) is 5.32 Å². The molecule has 0 aromatic heterocycles. The molecule has 2 heterocycles. The molecule has 2 atom stereocenters. The summed E-state index contributed by atoms with van der Waals surface area (Å²) < 4.78 is 65.5. The van der Waals surface area contributed by atoms with Crippen LogP contribution in [0.2, 0.25) is 0 Å². The van der Waals surface area contributed by atoms with Gasteiger partial charge in [0.05, 0.1) is 27.0 Å². The van der Waals surface area contributed by atoms with Crippen molar-refractivity contribution in [2.45, 2.75) is 32.9 Å². The fourth-order valence-electron chi connectivity index (χ4n) is 5.70. The Labute approximate surface area is 255 Å². The monoisotopic (exact) mass is 618 g/mol. The van der Waals surface area contributed by atoms with Gasteiger partial charge >= 0.3 is 0 Å². The van der Waals surface area contributed by atoms with Crippen LogP contribution in [-0.2, 0) is 17.4 Å². The Morgan fingerprint density at radius 2 is 1.77 bits per heavy atom. The third-order valence-electron chi connectivity index (χ3n) is 7.67. The van der Waals surface area contributed by atoms with Crippen molar-refractivity contribution in [2.75, 3.05) is 16.0 Å². The van der Waals surface area contributed by atoms with Crippen LogP contribution in [0.15, 0.2) is 95.5 Å². The Morgan fingerprint density at radius 1 is 1.00 bits per heavy atom. The van der Waals surface area contributed by atoms with E-state index < -0.39 is 51.2 Å². The summed E-state index contributed by atoms with van der Waals surface area (Å²) in [5.74, 6) is -3.37. The number of carbonyl (C=O) groups excluding carboxylic acids is 1. The van der Waals surface area contributed by atoms with E-state index in [4.69, 9.17) is 4.74 Å². The number of amides is 1. The lowest BCUT2D eigenvalue weighted by Crippen LogP contribution is -2.40. The number of hydrogen-bond donors (Lipinski definition) is 2. The average molecular weight is 619 g/mol. The first-order valence-electron chi connectivity index (χ1n) is 14.0. The molecule has 0 bridgehead atoms. The number of halogens is 3. The summed E-state index contributed by atoms with van der Waals surface area (Å²) in [6, 6.07) is 19.1. The van der Waals surface area contributed by atoms with Gasteiger partial charge in [-0.15, -0.1) is 0 Å². The maximum absolute atomic E-state index is 16.2. The largest absolute Gasteiger partial charge is 0.506 e. The molecule has 6 rings (SSSR count). The Morgan fingerprint density at radius 3 is 2.52 bits per heavy atom. The SMILES string of the molecule is CC1(C)CC2=C(C(c3ccc(OCc4ccccc4)cc3F)N(C(=O)c3cc(F)ccc3F)c3cccc(O)c3N2)S(=O)C1. The van der Waals surface area contributed by atoms with Crippen molar-refractivity contribution in [3.63, 3.8) is 0 Å². The fourth-order valence-corrected chi connectivity index (χ4v) is 7.55. The first-order valence-corrected chi connectivity index (χ1v) is 15.3. The number of allylic oxidation sites excluding steroid dienone is 1. The number of hydrogen-bond acceptors (Lipinski definition) is 5. The van der Waals surface area contributed by atoms with Crippen molar-refractivity contribution >= 4 is 28.1 Å². The minimum absolute atomic E-state index is 0.0271. The number of benzene rings is 4. The van der Waals surface area contributed by atoms with E-state index in [1.807, 2.05) is 44.2 Å². The minimum atomic E-state index is -1.73. The number of ether oxygens (including phenoxy) is 1. The van der Waals surface area contributed by atoms with Gasteiger partial charge in [-0.05, 0) is 59.9 Å². The van der Waals surface area contributed by atoms with Crippen LogP contribution < -0.4 is 15.0 Å². The van der Waals surface area contributed by atoms with Gasteiger partial charge in [-0.1, -0.05) is 50.2 Å². The molecular weight excluding hydrogens is 589 g/mol. The highest BCUT2D eigenvalue weighted by molar-refractivity contribution is 7.89. The number of nitrogens with one attached hydrogen (secondary N) is 1. The maximum Gasteiger partial charge on any atom is 0.262 e. The number of fused-ring (bicyclic) bond motifs is 1. The van der Waals surface area contributed by atoms with Crippen molar-refractivity contribution in [3.05, 3.63) is 130 Å². The van der Waals surface area contributed by atoms with Crippen LogP contribution in [-0.4, -0.2) is 21.0 Å². The molecule has 0 aliphatic carbocycles. The number of nitrogens with zero attached hydrogens (tertiary/aromatic N) is 1. The van der Waals surface area contributed by atoms with Crippen LogP contribution in [0, 0.1) is 22.9 Å². The van der Waals surface area contributed by atoms with E-state index in [1.165, 1.54) is 30.3 Å². The van der Waals surface area contributed by atoms with Gasteiger partial charge in [0.15, 0.2) is 0 Å². The molecule has 2 unspecified atom stereocenters. The van der Waals surface area contributed by atoms with E-state index >= 15 is 8.78 Å². The molecule has 2 N–H and O–H groups in total. The number of anilines is 2. The standard InChI is InChI=1S/C34H29F3N2O4S/c1-34(2)17-27-32(44(42)19-34)31(23-13-12-22(16-26(23)37)43-18-20-7-4-3-5-8-20)39(28-9-6-10-29(40)30(28)38-27)33(41)24-15-21(35)11-14-25(24)36/h3-16,31,38,40H,17-19H2,1-2H3. The minimum Gasteiger partial charge on any atom is -0.506 e. The Bertz CT molecular complexity index is 1830. The zero-order valence-corrected chi connectivity index (χ0v) is 24.8. The summed E-state index contributed by atoms with van der Waals surface area (Å²) in [5, 5.41) is 14.1. The van der Waals surface area contributed by atoms with E-state index in [0.29, 0.717) is 12.1 Å². The van der Waals surface area contributed by atoms with Crippen LogP contribution in [0.25, 0.3) is 0 Å². The number of phenolic OH excluding ortho intramolecular Hbond substituents is 1. The Kier molecular flexibility index (Phi) is 7.71.